The lowest BCUT2D eigenvalue weighted by Crippen LogP contribution is -2.11. The molecule has 6 nitrogen and oxygen atoms in total. The third-order valence-electron chi connectivity index (χ3n) is 2.89. The van der Waals surface area contributed by atoms with Crippen LogP contribution in [0, 0.1) is 0 Å². The van der Waals surface area contributed by atoms with E-state index in [0.717, 1.165) is 0 Å². The highest BCUT2D eigenvalue weighted by molar-refractivity contribution is 5.90. The minimum absolute atomic E-state index is 0.0241. The third-order valence-corrected chi connectivity index (χ3v) is 2.89. The summed E-state index contributed by atoms with van der Waals surface area (Å²) in [6.07, 6.45) is 0. The van der Waals surface area contributed by atoms with Crippen LogP contribution in [0.15, 0.2) is 24.3 Å². The minimum Gasteiger partial charge on any atom is -0.476 e. The summed E-state index contributed by atoms with van der Waals surface area (Å²) in [5, 5.41) is 16.2. The SMILES string of the molecule is CC(C)(C)c1ccc(-n2nnc(C(=O)O)c2N)cc1. The zero-order valence-corrected chi connectivity index (χ0v) is 11.1. The number of anilines is 1. The van der Waals surface area contributed by atoms with Crippen molar-refractivity contribution in [3.05, 3.63) is 35.5 Å². The van der Waals surface area contributed by atoms with Gasteiger partial charge in [-0.1, -0.05) is 38.1 Å². The summed E-state index contributed by atoms with van der Waals surface area (Å²) >= 11 is 0. The second kappa shape index (κ2) is 4.38. The van der Waals surface area contributed by atoms with Gasteiger partial charge in [0.15, 0.2) is 5.82 Å². The largest absolute Gasteiger partial charge is 0.476 e. The van der Waals surface area contributed by atoms with Gasteiger partial charge in [0.2, 0.25) is 5.69 Å². The first kappa shape index (κ1) is 13.1. The molecule has 0 amide bonds. The molecule has 2 aromatic rings. The van der Waals surface area contributed by atoms with E-state index in [0.29, 0.717) is 5.69 Å². The van der Waals surface area contributed by atoms with Crippen molar-refractivity contribution in [2.75, 3.05) is 5.73 Å². The number of nitrogens with two attached hydrogens (primary N) is 1. The summed E-state index contributed by atoms with van der Waals surface area (Å²) in [6.45, 7) is 6.36. The molecule has 1 aromatic carbocycles. The number of hydrogen-bond acceptors (Lipinski definition) is 4. The van der Waals surface area contributed by atoms with Crippen molar-refractivity contribution in [1.82, 2.24) is 15.0 Å². The summed E-state index contributed by atoms with van der Waals surface area (Å²) < 4.78 is 1.32. The topological polar surface area (TPSA) is 94.0 Å². The molecule has 0 atom stereocenters. The van der Waals surface area contributed by atoms with Gasteiger partial charge in [0.05, 0.1) is 5.69 Å². The number of carbonyl (C=O) groups is 1. The summed E-state index contributed by atoms with van der Waals surface area (Å²) in [6, 6.07) is 7.63. The molecule has 0 aliphatic rings. The van der Waals surface area contributed by atoms with E-state index in [4.69, 9.17) is 10.8 Å². The predicted molar refractivity (Wildman–Crippen MR) is 71.4 cm³/mol. The van der Waals surface area contributed by atoms with Gasteiger partial charge in [-0.05, 0) is 23.1 Å². The van der Waals surface area contributed by atoms with E-state index in [1.807, 2.05) is 24.3 Å². The highest BCUT2D eigenvalue weighted by Crippen LogP contribution is 2.24. The molecule has 0 saturated heterocycles. The fourth-order valence-corrected chi connectivity index (χ4v) is 1.73. The van der Waals surface area contributed by atoms with E-state index < -0.39 is 5.97 Å². The third kappa shape index (κ3) is 2.42. The molecule has 0 fully saturated rings. The molecular weight excluding hydrogens is 244 g/mol. The van der Waals surface area contributed by atoms with Gasteiger partial charge in [-0.3, -0.25) is 0 Å². The molecule has 6 heteroatoms. The monoisotopic (exact) mass is 260 g/mol. The Hall–Kier alpha value is -2.37. The fraction of sp³-hybridized carbons (Fsp3) is 0.308. The van der Waals surface area contributed by atoms with Crippen molar-refractivity contribution in [2.45, 2.75) is 26.2 Å². The normalized spacial score (nSPS) is 11.5. The minimum atomic E-state index is -1.19. The molecule has 19 heavy (non-hydrogen) atoms. The summed E-state index contributed by atoms with van der Waals surface area (Å²) in [4.78, 5) is 10.9. The van der Waals surface area contributed by atoms with Crippen molar-refractivity contribution < 1.29 is 9.90 Å². The Balaban J connectivity index is 2.41. The molecule has 0 unspecified atom stereocenters. The first-order valence-electron chi connectivity index (χ1n) is 5.86. The lowest BCUT2D eigenvalue weighted by atomic mass is 9.87. The Morgan fingerprint density at radius 1 is 1.26 bits per heavy atom. The number of hydrogen-bond donors (Lipinski definition) is 2. The number of carboxylic acid groups (broad SMARTS) is 1. The number of carboxylic acids is 1. The van der Waals surface area contributed by atoms with Crippen LogP contribution in [0.3, 0.4) is 0 Å². The second-order valence-electron chi connectivity index (χ2n) is 5.34. The lowest BCUT2D eigenvalue weighted by molar-refractivity contribution is 0.0691. The summed E-state index contributed by atoms with van der Waals surface area (Å²) in [5.41, 5.74) is 7.40. The highest BCUT2D eigenvalue weighted by Gasteiger charge is 2.18. The van der Waals surface area contributed by atoms with Gasteiger partial charge in [-0.2, -0.15) is 4.68 Å². The molecule has 100 valence electrons. The zero-order valence-electron chi connectivity index (χ0n) is 11.1. The molecule has 2 rings (SSSR count). The fourth-order valence-electron chi connectivity index (χ4n) is 1.73. The van der Waals surface area contributed by atoms with Gasteiger partial charge in [0, 0.05) is 0 Å². The predicted octanol–water partition coefficient (Wildman–Crippen LogP) is 1.85. The maximum Gasteiger partial charge on any atom is 0.360 e. The molecule has 0 bridgehead atoms. The molecule has 1 aromatic heterocycles. The van der Waals surface area contributed by atoms with Gasteiger partial charge < -0.3 is 10.8 Å². The van der Waals surface area contributed by atoms with Crippen LogP contribution in [0.4, 0.5) is 5.82 Å². The second-order valence-corrected chi connectivity index (χ2v) is 5.34. The standard InChI is InChI=1S/C13H16N4O2/c1-13(2,3)8-4-6-9(7-5-8)17-11(14)10(12(18)19)15-16-17/h4-7H,14H2,1-3H3,(H,18,19). The maximum absolute atomic E-state index is 10.9. The Morgan fingerprint density at radius 2 is 1.84 bits per heavy atom. The van der Waals surface area contributed by atoms with E-state index in [1.54, 1.807) is 0 Å². The van der Waals surface area contributed by atoms with Gasteiger partial charge in [-0.25, -0.2) is 4.79 Å². The first-order valence-corrected chi connectivity index (χ1v) is 5.86. The number of nitrogen functional groups attached to an aromatic ring is 1. The van der Waals surface area contributed by atoms with E-state index in [9.17, 15) is 4.79 Å². The van der Waals surface area contributed by atoms with Gasteiger partial charge in [0.1, 0.15) is 0 Å². The maximum atomic E-state index is 10.9. The Kier molecular flexibility index (Phi) is 3.01. The van der Waals surface area contributed by atoms with Crippen LogP contribution >= 0.6 is 0 Å². The molecule has 1 heterocycles. The molecule has 0 aliphatic carbocycles. The van der Waals surface area contributed by atoms with Crippen LogP contribution in [0.5, 0.6) is 0 Å². The lowest BCUT2D eigenvalue weighted by Gasteiger charge is -2.19. The van der Waals surface area contributed by atoms with Crippen LogP contribution in [0.2, 0.25) is 0 Å². The van der Waals surface area contributed by atoms with E-state index in [2.05, 4.69) is 31.1 Å². The van der Waals surface area contributed by atoms with E-state index >= 15 is 0 Å². The summed E-state index contributed by atoms with van der Waals surface area (Å²) in [7, 11) is 0. The van der Waals surface area contributed by atoms with Crippen LogP contribution in [-0.4, -0.2) is 26.1 Å². The van der Waals surface area contributed by atoms with Gasteiger partial charge >= 0.3 is 5.97 Å². The number of nitrogens with zero attached hydrogens (tertiary/aromatic N) is 3. The number of aromatic nitrogens is 3. The quantitative estimate of drug-likeness (QED) is 0.859. The average Bonchev–Trinajstić information content (AvgIpc) is 2.70. The Morgan fingerprint density at radius 3 is 2.26 bits per heavy atom. The zero-order chi connectivity index (χ0) is 14.2. The molecule has 3 N–H and O–H groups in total. The molecule has 0 radical (unpaired) electrons. The van der Waals surface area contributed by atoms with Crippen molar-refractivity contribution in [3.8, 4) is 5.69 Å². The highest BCUT2D eigenvalue weighted by atomic mass is 16.4. The van der Waals surface area contributed by atoms with E-state index in [-0.39, 0.29) is 16.9 Å². The van der Waals surface area contributed by atoms with Crippen molar-refractivity contribution in [1.29, 1.82) is 0 Å². The molecule has 0 spiro atoms. The molecule has 0 saturated carbocycles. The average molecular weight is 260 g/mol. The van der Waals surface area contributed by atoms with Crippen LogP contribution in [0.1, 0.15) is 36.8 Å². The van der Waals surface area contributed by atoms with Crippen LogP contribution in [0.25, 0.3) is 5.69 Å². The van der Waals surface area contributed by atoms with Crippen molar-refractivity contribution >= 4 is 11.8 Å². The van der Waals surface area contributed by atoms with Crippen LogP contribution in [-0.2, 0) is 5.41 Å². The van der Waals surface area contributed by atoms with Gasteiger partial charge in [-0.15, -0.1) is 5.10 Å². The Bertz CT molecular complexity index is 609. The smallest absolute Gasteiger partial charge is 0.360 e. The van der Waals surface area contributed by atoms with E-state index in [1.165, 1.54) is 10.2 Å². The van der Waals surface area contributed by atoms with Gasteiger partial charge in [0.25, 0.3) is 0 Å². The number of aromatic carboxylic acids is 1. The number of rotatable bonds is 2. The molecular formula is C13H16N4O2. The Labute approximate surface area is 110 Å². The first-order chi connectivity index (χ1) is 8.80. The molecule has 0 aliphatic heterocycles. The number of benzene rings is 1. The van der Waals surface area contributed by atoms with Crippen molar-refractivity contribution in [2.24, 2.45) is 0 Å². The summed E-state index contributed by atoms with van der Waals surface area (Å²) in [5.74, 6) is -1.16. The van der Waals surface area contributed by atoms with Crippen molar-refractivity contribution in [3.63, 3.8) is 0 Å². The van der Waals surface area contributed by atoms with Crippen LogP contribution < -0.4 is 5.73 Å².